The molecule has 84 valence electrons. The fourth-order valence-electron chi connectivity index (χ4n) is 2.30. The molecule has 1 aliphatic heterocycles. The number of aliphatic imine (C=N–C) groups is 1. The van der Waals surface area contributed by atoms with Crippen LogP contribution in [0.25, 0.3) is 11.3 Å². The molecule has 5 heteroatoms. The van der Waals surface area contributed by atoms with Gasteiger partial charge in [-0.15, -0.1) is 0 Å². The van der Waals surface area contributed by atoms with E-state index in [-0.39, 0.29) is 18.4 Å². The van der Waals surface area contributed by atoms with Crippen LogP contribution in [0, 0.1) is 5.82 Å². The fraction of sp³-hybridized carbons (Fsp3) is 0.167. The van der Waals surface area contributed by atoms with E-state index in [9.17, 15) is 9.18 Å². The highest BCUT2D eigenvalue weighted by atomic mass is 19.1. The van der Waals surface area contributed by atoms with Gasteiger partial charge in [-0.3, -0.25) is 0 Å². The SMILES string of the molecule is O=C=NCC1c2c(F)cccc2-c2cncn21. The molecule has 2 aromatic rings. The van der Waals surface area contributed by atoms with E-state index in [1.165, 1.54) is 12.1 Å². The van der Waals surface area contributed by atoms with Gasteiger partial charge in [0.1, 0.15) is 5.82 Å². The molecule has 2 heterocycles. The molecule has 0 N–H and O–H groups in total. The fourth-order valence-corrected chi connectivity index (χ4v) is 2.30. The van der Waals surface area contributed by atoms with Gasteiger partial charge in [0.25, 0.3) is 0 Å². The van der Waals surface area contributed by atoms with Crippen molar-refractivity contribution in [2.75, 3.05) is 6.54 Å². The third-order valence-electron chi connectivity index (χ3n) is 2.99. The van der Waals surface area contributed by atoms with E-state index in [0.29, 0.717) is 5.56 Å². The summed E-state index contributed by atoms with van der Waals surface area (Å²) in [7, 11) is 0. The molecule has 1 unspecified atom stereocenters. The maximum atomic E-state index is 13.8. The van der Waals surface area contributed by atoms with Gasteiger partial charge < -0.3 is 4.57 Å². The van der Waals surface area contributed by atoms with Crippen molar-refractivity contribution in [2.45, 2.75) is 6.04 Å². The smallest absolute Gasteiger partial charge is 0.235 e. The number of carbonyl (C=O) groups excluding carboxylic acids is 1. The second-order valence-corrected chi connectivity index (χ2v) is 3.83. The molecule has 1 aliphatic rings. The highest BCUT2D eigenvalue weighted by Crippen LogP contribution is 2.40. The Morgan fingerprint density at radius 1 is 1.53 bits per heavy atom. The van der Waals surface area contributed by atoms with Gasteiger partial charge in [-0.2, -0.15) is 0 Å². The summed E-state index contributed by atoms with van der Waals surface area (Å²) in [5, 5.41) is 0. The van der Waals surface area contributed by atoms with Crippen molar-refractivity contribution in [1.29, 1.82) is 0 Å². The van der Waals surface area contributed by atoms with E-state index in [1.807, 2.05) is 10.6 Å². The minimum atomic E-state index is -0.301. The van der Waals surface area contributed by atoms with Gasteiger partial charge in [0.2, 0.25) is 6.08 Å². The van der Waals surface area contributed by atoms with Gasteiger partial charge in [-0.25, -0.2) is 19.2 Å². The largest absolute Gasteiger partial charge is 0.321 e. The number of rotatable bonds is 2. The Morgan fingerprint density at radius 3 is 3.24 bits per heavy atom. The summed E-state index contributed by atoms with van der Waals surface area (Å²) in [5.74, 6) is -0.280. The first-order valence-electron chi connectivity index (χ1n) is 5.17. The van der Waals surface area contributed by atoms with Crippen molar-refractivity contribution in [3.63, 3.8) is 0 Å². The quantitative estimate of drug-likeness (QED) is 0.583. The predicted octanol–water partition coefficient (Wildman–Crippen LogP) is 1.93. The lowest BCUT2D eigenvalue weighted by Crippen LogP contribution is -2.09. The molecule has 0 bridgehead atoms. The predicted molar refractivity (Wildman–Crippen MR) is 58.7 cm³/mol. The lowest BCUT2D eigenvalue weighted by Gasteiger charge is -2.11. The number of halogens is 1. The van der Waals surface area contributed by atoms with Crippen LogP contribution >= 0.6 is 0 Å². The van der Waals surface area contributed by atoms with Gasteiger partial charge in [0, 0.05) is 11.1 Å². The van der Waals surface area contributed by atoms with Gasteiger partial charge in [-0.05, 0) is 6.07 Å². The first-order chi connectivity index (χ1) is 8.33. The normalized spacial score (nSPS) is 16.2. The Hall–Kier alpha value is -2.26. The minimum Gasteiger partial charge on any atom is -0.321 e. The van der Waals surface area contributed by atoms with E-state index >= 15 is 0 Å². The van der Waals surface area contributed by atoms with Crippen LogP contribution in [0.2, 0.25) is 0 Å². The van der Waals surface area contributed by atoms with Crippen LogP contribution < -0.4 is 0 Å². The molecule has 4 nitrogen and oxygen atoms in total. The molecule has 3 rings (SSSR count). The van der Waals surface area contributed by atoms with Gasteiger partial charge in [-0.1, -0.05) is 12.1 Å². The summed E-state index contributed by atoms with van der Waals surface area (Å²) >= 11 is 0. The van der Waals surface area contributed by atoms with Crippen molar-refractivity contribution in [3.8, 4) is 11.3 Å². The second kappa shape index (κ2) is 3.64. The van der Waals surface area contributed by atoms with E-state index in [4.69, 9.17) is 0 Å². The van der Waals surface area contributed by atoms with Crippen LogP contribution in [0.15, 0.2) is 35.7 Å². The van der Waals surface area contributed by atoms with E-state index < -0.39 is 0 Å². The molecule has 0 amide bonds. The van der Waals surface area contributed by atoms with Gasteiger partial charge in [0.05, 0.1) is 30.8 Å². The summed E-state index contributed by atoms with van der Waals surface area (Å²) < 4.78 is 15.7. The number of hydrogen-bond acceptors (Lipinski definition) is 3. The molecule has 0 radical (unpaired) electrons. The number of nitrogens with zero attached hydrogens (tertiary/aromatic N) is 3. The molecule has 0 saturated heterocycles. The number of isocyanates is 1. The standard InChI is InChI=1S/C12H8FN3O/c13-9-3-1-2-8-10-4-14-6-16(10)11(12(8)9)5-15-7-17/h1-4,6,11H,5H2. The Balaban J connectivity index is 2.21. The van der Waals surface area contributed by atoms with Gasteiger partial charge in [0.15, 0.2) is 0 Å². The molecular formula is C12H8FN3O. The van der Waals surface area contributed by atoms with E-state index in [1.54, 1.807) is 18.6 Å². The zero-order chi connectivity index (χ0) is 11.8. The molecule has 1 aromatic heterocycles. The topological polar surface area (TPSA) is 47.2 Å². The zero-order valence-corrected chi connectivity index (χ0v) is 8.80. The van der Waals surface area contributed by atoms with Crippen LogP contribution in [0.3, 0.4) is 0 Å². The average molecular weight is 229 g/mol. The highest BCUT2D eigenvalue weighted by molar-refractivity contribution is 5.69. The zero-order valence-electron chi connectivity index (χ0n) is 8.80. The van der Waals surface area contributed by atoms with Crippen LogP contribution in [0.5, 0.6) is 0 Å². The lowest BCUT2D eigenvalue weighted by molar-refractivity contribution is 0.543. The number of imidazole rings is 1. The number of hydrogen-bond donors (Lipinski definition) is 0. The maximum absolute atomic E-state index is 13.8. The summed E-state index contributed by atoms with van der Waals surface area (Å²) in [4.78, 5) is 17.8. The first kappa shape index (κ1) is 9.93. The van der Waals surface area contributed by atoms with Crippen molar-refractivity contribution >= 4 is 6.08 Å². The summed E-state index contributed by atoms with van der Waals surface area (Å²) in [6, 6.07) is 4.62. The molecule has 0 saturated carbocycles. The minimum absolute atomic E-state index is 0.181. The van der Waals surface area contributed by atoms with Crippen LogP contribution in [0.4, 0.5) is 4.39 Å². The molecule has 1 atom stereocenters. The Morgan fingerprint density at radius 2 is 2.41 bits per heavy atom. The van der Waals surface area contributed by atoms with Crippen LogP contribution in [-0.4, -0.2) is 22.2 Å². The molecule has 17 heavy (non-hydrogen) atoms. The average Bonchev–Trinajstić information content (AvgIpc) is 2.88. The Labute approximate surface area is 96.4 Å². The Bertz CT molecular complexity index is 628. The summed E-state index contributed by atoms with van der Waals surface area (Å²) in [6.07, 6.45) is 4.79. The third kappa shape index (κ3) is 1.33. The molecule has 0 aliphatic carbocycles. The Kier molecular flexibility index (Phi) is 2.13. The summed E-state index contributed by atoms with van der Waals surface area (Å²) in [6.45, 7) is 0.181. The summed E-state index contributed by atoms with van der Waals surface area (Å²) in [5.41, 5.74) is 2.24. The van der Waals surface area contributed by atoms with Crippen molar-refractivity contribution in [3.05, 3.63) is 42.1 Å². The monoisotopic (exact) mass is 229 g/mol. The van der Waals surface area contributed by atoms with Crippen LogP contribution in [-0.2, 0) is 4.79 Å². The van der Waals surface area contributed by atoms with Crippen LogP contribution in [0.1, 0.15) is 11.6 Å². The van der Waals surface area contributed by atoms with E-state index in [0.717, 1.165) is 11.3 Å². The van der Waals surface area contributed by atoms with E-state index in [2.05, 4.69) is 9.98 Å². The lowest BCUT2D eigenvalue weighted by atomic mass is 10.0. The van der Waals surface area contributed by atoms with Crippen molar-refractivity contribution in [1.82, 2.24) is 9.55 Å². The number of benzene rings is 1. The molecule has 1 aromatic carbocycles. The number of aromatic nitrogens is 2. The third-order valence-corrected chi connectivity index (χ3v) is 2.99. The maximum Gasteiger partial charge on any atom is 0.235 e. The molecule has 0 fully saturated rings. The van der Waals surface area contributed by atoms with Crippen molar-refractivity contribution in [2.24, 2.45) is 4.99 Å². The molecular weight excluding hydrogens is 221 g/mol. The van der Waals surface area contributed by atoms with Gasteiger partial charge >= 0.3 is 0 Å². The van der Waals surface area contributed by atoms with Crippen molar-refractivity contribution < 1.29 is 9.18 Å². The first-order valence-corrected chi connectivity index (χ1v) is 5.17. The number of fused-ring (bicyclic) bond motifs is 3. The second-order valence-electron chi connectivity index (χ2n) is 3.83. The highest BCUT2D eigenvalue weighted by Gasteiger charge is 2.30. The molecule has 0 spiro atoms.